The van der Waals surface area contributed by atoms with Gasteiger partial charge in [-0.15, -0.1) is 0 Å². The number of benzene rings is 2. The third-order valence-electron chi connectivity index (χ3n) is 6.83. The Morgan fingerprint density at radius 1 is 1.08 bits per heavy atom. The van der Waals surface area contributed by atoms with E-state index in [0.717, 1.165) is 31.4 Å². The van der Waals surface area contributed by atoms with E-state index in [1.807, 2.05) is 35.2 Å². The third kappa shape index (κ3) is 5.83. The van der Waals surface area contributed by atoms with E-state index in [1.54, 1.807) is 41.2 Å². The molecule has 1 saturated heterocycles. The third-order valence-corrected chi connectivity index (χ3v) is 7.80. The Balaban J connectivity index is 1.34. The molecule has 1 aliphatic heterocycles. The zero-order chi connectivity index (χ0) is 26.5. The van der Waals surface area contributed by atoms with Gasteiger partial charge in [-0.1, -0.05) is 36.0 Å². The molecule has 0 bridgehead atoms. The fourth-order valence-corrected chi connectivity index (χ4v) is 5.59. The van der Waals surface area contributed by atoms with Gasteiger partial charge in [0.05, 0.1) is 36.0 Å². The van der Waals surface area contributed by atoms with Crippen molar-refractivity contribution in [2.45, 2.75) is 50.5 Å². The first-order chi connectivity index (χ1) is 18.5. The van der Waals surface area contributed by atoms with Crippen molar-refractivity contribution in [3.05, 3.63) is 94.2 Å². The topological polar surface area (TPSA) is 97.4 Å². The standard InChI is InChI=1S/C29H30N4O4S/c1-20-7-4-5-15-32(20)26(34)19-38-29-31-25-10-3-2-9-24(25)28(36)33(29)18-21-11-13-22(14-12-21)27(35)30-17-23-8-6-16-37-23/h2-3,6,8-14,16,20H,4-5,7,15,17-19H2,1H3,(H,30,35)/t20-/m1/s1. The van der Waals surface area contributed by atoms with Gasteiger partial charge in [-0.25, -0.2) is 4.98 Å². The number of nitrogens with zero attached hydrogens (tertiary/aromatic N) is 3. The van der Waals surface area contributed by atoms with E-state index in [1.165, 1.54) is 11.8 Å². The Labute approximate surface area is 225 Å². The number of piperidine rings is 1. The van der Waals surface area contributed by atoms with Gasteiger partial charge in [0.2, 0.25) is 5.91 Å². The second-order valence-electron chi connectivity index (χ2n) is 9.48. The number of hydrogen-bond donors (Lipinski definition) is 1. The zero-order valence-electron chi connectivity index (χ0n) is 21.3. The minimum atomic E-state index is -0.209. The molecule has 2 aromatic carbocycles. The number of thioether (sulfide) groups is 1. The highest BCUT2D eigenvalue weighted by atomic mass is 32.2. The van der Waals surface area contributed by atoms with Crippen LogP contribution < -0.4 is 10.9 Å². The molecule has 0 radical (unpaired) electrons. The maximum atomic E-state index is 13.5. The minimum Gasteiger partial charge on any atom is -0.467 e. The van der Waals surface area contributed by atoms with Crippen LogP contribution in [0.2, 0.25) is 0 Å². The van der Waals surface area contributed by atoms with Gasteiger partial charge in [0.25, 0.3) is 11.5 Å². The molecule has 4 aromatic rings. The summed E-state index contributed by atoms with van der Waals surface area (Å²) in [5.41, 5.74) is 1.82. The Kier molecular flexibility index (Phi) is 7.93. The average Bonchev–Trinajstić information content (AvgIpc) is 3.47. The normalized spacial score (nSPS) is 15.5. The molecule has 1 fully saturated rings. The number of likely N-dealkylation sites (tertiary alicyclic amines) is 1. The number of carbonyl (C=O) groups is 2. The lowest BCUT2D eigenvalue weighted by atomic mass is 10.0. The van der Waals surface area contributed by atoms with Crippen LogP contribution in [0.3, 0.4) is 0 Å². The van der Waals surface area contributed by atoms with E-state index in [-0.39, 0.29) is 35.7 Å². The fourth-order valence-electron chi connectivity index (χ4n) is 4.70. The molecule has 5 rings (SSSR count). The van der Waals surface area contributed by atoms with E-state index in [9.17, 15) is 14.4 Å². The highest BCUT2D eigenvalue weighted by Gasteiger charge is 2.24. The molecule has 1 N–H and O–H groups in total. The first-order valence-electron chi connectivity index (χ1n) is 12.8. The summed E-state index contributed by atoms with van der Waals surface area (Å²) >= 11 is 1.30. The summed E-state index contributed by atoms with van der Waals surface area (Å²) in [6.07, 6.45) is 4.76. The van der Waals surface area contributed by atoms with Gasteiger partial charge >= 0.3 is 0 Å². The quantitative estimate of drug-likeness (QED) is 0.267. The highest BCUT2D eigenvalue weighted by Crippen LogP contribution is 2.22. The minimum absolute atomic E-state index is 0.0704. The van der Waals surface area contributed by atoms with Crippen LogP contribution in [0.1, 0.15) is 47.9 Å². The molecule has 8 nitrogen and oxygen atoms in total. The van der Waals surface area contributed by atoms with Crippen LogP contribution in [0, 0.1) is 0 Å². The number of aromatic nitrogens is 2. The molecule has 38 heavy (non-hydrogen) atoms. The molecule has 0 unspecified atom stereocenters. The van der Waals surface area contributed by atoms with E-state index < -0.39 is 0 Å². The molecule has 0 aliphatic carbocycles. The first kappa shape index (κ1) is 25.8. The second kappa shape index (κ2) is 11.7. The molecule has 1 atom stereocenters. The first-order valence-corrected chi connectivity index (χ1v) is 13.8. The van der Waals surface area contributed by atoms with Crippen LogP contribution >= 0.6 is 11.8 Å². The lowest BCUT2D eigenvalue weighted by Gasteiger charge is -2.33. The maximum Gasteiger partial charge on any atom is 0.262 e. The fraction of sp³-hybridized carbons (Fsp3) is 0.310. The molecule has 9 heteroatoms. The number of rotatable bonds is 8. The number of nitrogens with one attached hydrogen (secondary N) is 1. The van der Waals surface area contributed by atoms with E-state index in [4.69, 9.17) is 9.40 Å². The van der Waals surface area contributed by atoms with Gasteiger partial charge in [-0.05, 0) is 68.1 Å². The van der Waals surface area contributed by atoms with Crippen molar-refractivity contribution in [2.75, 3.05) is 12.3 Å². The Morgan fingerprint density at radius 3 is 2.66 bits per heavy atom. The molecule has 0 saturated carbocycles. The average molecular weight is 531 g/mol. The maximum absolute atomic E-state index is 13.5. The molecule has 1 aliphatic rings. The monoisotopic (exact) mass is 530 g/mol. The lowest BCUT2D eigenvalue weighted by molar-refractivity contribution is -0.131. The second-order valence-corrected chi connectivity index (χ2v) is 10.4. The van der Waals surface area contributed by atoms with Crippen molar-refractivity contribution in [1.82, 2.24) is 19.8 Å². The molecule has 0 spiro atoms. The predicted octanol–water partition coefficient (Wildman–Crippen LogP) is 4.46. The van der Waals surface area contributed by atoms with E-state index in [0.29, 0.717) is 33.9 Å². The number of hydrogen-bond acceptors (Lipinski definition) is 6. The summed E-state index contributed by atoms with van der Waals surface area (Å²) in [5.74, 6) is 0.765. The van der Waals surface area contributed by atoms with Crippen LogP contribution in [0.15, 0.2) is 81.3 Å². The Morgan fingerprint density at radius 2 is 1.89 bits per heavy atom. The van der Waals surface area contributed by atoms with Crippen molar-refractivity contribution in [3.63, 3.8) is 0 Å². The molecule has 2 aromatic heterocycles. The van der Waals surface area contributed by atoms with Crippen LogP contribution in [0.4, 0.5) is 0 Å². The van der Waals surface area contributed by atoms with E-state index >= 15 is 0 Å². The molecular formula is C29H30N4O4S. The van der Waals surface area contributed by atoms with Crippen LogP contribution in [0.5, 0.6) is 0 Å². The molecule has 196 valence electrons. The van der Waals surface area contributed by atoms with Crippen molar-refractivity contribution in [3.8, 4) is 0 Å². The Hall–Kier alpha value is -3.85. The highest BCUT2D eigenvalue weighted by molar-refractivity contribution is 7.99. The van der Waals surface area contributed by atoms with Gasteiger partial charge in [0, 0.05) is 18.2 Å². The largest absolute Gasteiger partial charge is 0.467 e. The van der Waals surface area contributed by atoms with E-state index in [2.05, 4.69) is 12.2 Å². The number of amides is 2. The van der Waals surface area contributed by atoms with Gasteiger partial charge in [-0.3, -0.25) is 19.0 Å². The molecule has 3 heterocycles. The van der Waals surface area contributed by atoms with Gasteiger partial charge in [-0.2, -0.15) is 0 Å². The van der Waals surface area contributed by atoms with Gasteiger partial charge in [0.15, 0.2) is 5.16 Å². The predicted molar refractivity (Wildman–Crippen MR) is 147 cm³/mol. The zero-order valence-corrected chi connectivity index (χ0v) is 22.1. The number of para-hydroxylation sites is 1. The summed E-state index contributed by atoms with van der Waals surface area (Å²) in [5, 5.41) is 3.86. The number of furan rings is 1. The summed E-state index contributed by atoms with van der Waals surface area (Å²) in [7, 11) is 0. The van der Waals surface area contributed by atoms with Gasteiger partial charge < -0.3 is 14.6 Å². The Bertz CT molecular complexity index is 1480. The number of fused-ring (bicyclic) bond motifs is 1. The van der Waals surface area contributed by atoms with Crippen LogP contribution in [0.25, 0.3) is 10.9 Å². The smallest absolute Gasteiger partial charge is 0.262 e. The molecular weight excluding hydrogens is 500 g/mol. The SMILES string of the molecule is C[C@@H]1CCCCN1C(=O)CSc1nc2ccccc2c(=O)n1Cc1ccc(C(=O)NCc2ccco2)cc1. The van der Waals surface area contributed by atoms with Crippen molar-refractivity contribution < 1.29 is 14.0 Å². The van der Waals surface area contributed by atoms with Crippen molar-refractivity contribution in [1.29, 1.82) is 0 Å². The van der Waals surface area contributed by atoms with Crippen LogP contribution in [-0.2, 0) is 17.9 Å². The van der Waals surface area contributed by atoms with Gasteiger partial charge in [0.1, 0.15) is 5.76 Å². The lowest BCUT2D eigenvalue weighted by Crippen LogP contribution is -2.43. The summed E-state index contributed by atoms with van der Waals surface area (Å²) in [6, 6.07) is 18.2. The van der Waals surface area contributed by atoms with Crippen LogP contribution in [-0.4, -0.2) is 44.6 Å². The summed E-state index contributed by atoms with van der Waals surface area (Å²) in [6.45, 7) is 3.45. The van der Waals surface area contributed by atoms with Crippen molar-refractivity contribution in [2.24, 2.45) is 0 Å². The number of carbonyl (C=O) groups excluding carboxylic acids is 2. The van der Waals surface area contributed by atoms with Crippen molar-refractivity contribution >= 4 is 34.5 Å². The summed E-state index contributed by atoms with van der Waals surface area (Å²) < 4.78 is 6.87. The molecule has 2 amide bonds. The summed E-state index contributed by atoms with van der Waals surface area (Å²) in [4.78, 5) is 45.6.